The van der Waals surface area contributed by atoms with Crippen molar-refractivity contribution >= 4 is 23.5 Å². The summed E-state index contributed by atoms with van der Waals surface area (Å²) in [5, 5.41) is 10.8. The van der Waals surface area contributed by atoms with Gasteiger partial charge >= 0.3 is 5.97 Å². The fraction of sp³-hybridized carbons (Fsp3) is 0.0833. The number of carbonyl (C=O) groups is 2. The van der Waals surface area contributed by atoms with Crippen molar-refractivity contribution in [1.82, 2.24) is 0 Å². The first-order valence-corrected chi connectivity index (χ1v) is 9.85. The van der Waals surface area contributed by atoms with Crippen molar-refractivity contribution in [2.24, 2.45) is 0 Å². The minimum atomic E-state index is -0.595. The van der Waals surface area contributed by atoms with E-state index in [9.17, 15) is 19.7 Å². The zero-order valence-corrected chi connectivity index (χ0v) is 17.2. The van der Waals surface area contributed by atoms with Crippen LogP contribution in [0.25, 0.3) is 6.08 Å². The number of rotatable bonds is 4. The van der Waals surface area contributed by atoms with Gasteiger partial charge in [-0.3, -0.25) is 14.9 Å². The number of fused-ring (bicyclic) bond motifs is 2. The standard InChI is InChI=1S/C24H15NO8/c1-13-18(33-24(27)15-4-8-19-20(11-15)31-12-30-19)9-7-17-22(26)21(32-23(13)17)10-14-2-5-16(6-3-14)25(28)29/h2-11H,12H2,1H3/b21-10-. The number of non-ortho nitro benzene ring substituents is 1. The monoisotopic (exact) mass is 445 g/mol. The summed E-state index contributed by atoms with van der Waals surface area (Å²) >= 11 is 0. The smallest absolute Gasteiger partial charge is 0.343 e. The first kappa shape index (κ1) is 20.3. The lowest BCUT2D eigenvalue weighted by Gasteiger charge is -2.10. The Kier molecular flexibility index (Phi) is 4.78. The molecule has 0 spiro atoms. The van der Waals surface area contributed by atoms with Crippen molar-refractivity contribution in [2.45, 2.75) is 6.92 Å². The summed E-state index contributed by atoms with van der Waals surface area (Å²) in [4.78, 5) is 35.7. The van der Waals surface area contributed by atoms with E-state index in [-0.39, 0.29) is 35.3 Å². The van der Waals surface area contributed by atoms with E-state index in [1.54, 1.807) is 25.1 Å². The third-order valence-corrected chi connectivity index (χ3v) is 5.25. The molecule has 0 atom stereocenters. The highest BCUT2D eigenvalue weighted by Gasteiger charge is 2.31. The second-order valence-electron chi connectivity index (χ2n) is 7.31. The van der Waals surface area contributed by atoms with Crippen molar-refractivity contribution in [3.8, 4) is 23.0 Å². The van der Waals surface area contributed by atoms with E-state index < -0.39 is 10.9 Å². The van der Waals surface area contributed by atoms with Gasteiger partial charge in [0.1, 0.15) is 11.5 Å². The fourth-order valence-corrected chi connectivity index (χ4v) is 3.50. The predicted molar refractivity (Wildman–Crippen MR) is 115 cm³/mol. The summed E-state index contributed by atoms with van der Waals surface area (Å²) in [6.07, 6.45) is 1.50. The van der Waals surface area contributed by atoms with Gasteiger partial charge in [-0.25, -0.2) is 4.79 Å². The molecule has 5 rings (SSSR count). The van der Waals surface area contributed by atoms with Crippen LogP contribution in [0.5, 0.6) is 23.0 Å². The van der Waals surface area contributed by atoms with Crippen LogP contribution in [-0.2, 0) is 0 Å². The van der Waals surface area contributed by atoms with Crippen LogP contribution in [-0.4, -0.2) is 23.5 Å². The van der Waals surface area contributed by atoms with Crippen molar-refractivity contribution in [3.63, 3.8) is 0 Å². The first-order valence-electron chi connectivity index (χ1n) is 9.85. The highest BCUT2D eigenvalue weighted by Crippen LogP contribution is 2.40. The summed E-state index contributed by atoms with van der Waals surface area (Å²) in [6.45, 7) is 1.78. The molecular formula is C24H15NO8. The van der Waals surface area contributed by atoms with Crippen molar-refractivity contribution in [2.75, 3.05) is 6.79 Å². The molecular weight excluding hydrogens is 430 g/mol. The van der Waals surface area contributed by atoms with Crippen LogP contribution in [0.2, 0.25) is 0 Å². The van der Waals surface area contributed by atoms with Crippen molar-refractivity contribution in [3.05, 3.63) is 92.7 Å². The predicted octanol–water partition coefficient (Wildman–Crippen LogP) is 4.47. The van der Waals surface area contributed by atoms with E-state index >= 15 is 0 Å². The number of benzene rings is 3. The lowest BCUT2D eigenvalue weighted by molar-refractivity contribution is -0.384. The van der Waals surface area contributed by atoms with Gasteiger partial charge in [0.25, 0.3) is 5.69 Å². The zero-order chi connectivity index (χ0) is 23.1. The number of carbonyl (C=O) groups excluding carboxylic acids is 2. The van der Waals surface area contributed by atoms with Gasteiger partial charge in [-0.05, 0) is 61.0 Å². The van der Waals surface area contributed by atoms with Crippen LogP contribution in [0.15, 0.2) is 60.4 Å². The zero-order valence-electron chi connectivity index (χ0n) is 17.2. The maximum absolute atomic E-state index is 12.8. The molecule has 2 aliphatic rings. The Bertz CT molecular complexity index is 1360. The van der Waals surface area contributed by atoms with E-state index in [4.69, 9.17) is 18.9 Å². The van der Waals surface area contributed by atoms with Crippen LogP contribution in [0.4, 0.5) is 5.69 Å². The van der Waals surface area contributed by atoms with E-state index in [1.165, 1.54) is 42.5 Å². The van der Waals surface area contributed by atoms with Gasteiger partial charge in [-0.15, -0.1) is 0 Å². The Morgan fingerprint density at radius 1 is 1.06 bits per heavy atom. The Balaban J connectivity index is 1.38. The molecule has 9 heteroatoms. The maximum Gasteiger partial charge on any atom is 0.343 e. The van der Waals surface area contributed by atoms with Crippen LogP contribution in [0, 0.1) is 17.0 Å². The number of esters is 1. The molecule has 0 N–H and O–H groups in total. The molecule has 0 radical (unpaired) electrons. The normalized spacial score (nSPS) is 14.7. The molecule has 3 aromatic carbocycles. The molecule has 0 saturated carbocycles. The molecule has 0 unspecified atom stereocenters. The largest absolute Gasteiger partial charge is 0.454 e. The Hall–Kier alpha value is -4.66. The number of nitro benzene ring substituents is 1. The minimum Gasteiger partial charge on any atom is -0.454 e. The number of nitrogens with zero attached hydrogens (tertiary/aromatic N) is 1. The van der Waals surface area contributed by atoms with Gasteiger partial charge in [-0.1, -0.05) is 0 Å². The maximum atomic E-state index is 12.8. The average molecular weight is 445 g/mol. The molecule has 0 aromatic heterocycles. The summed E-state index contributed by atoms with van der Waals surface area (Å²) in [5.74, 6) is 0.707. The molecule has 0 fully saturated rings. The number of nitro groups is 1. The first-order chi connectivity index (χ1) is 15.9. The SMILES string of the molecule is Cc1c(OC(=O)c2ccc3c(c2)OCO3)ccc2c1O/C(=C\c1ccc([N+](=O)[O-])cc1)C2=O. The molecule has 0 bridgehead atoms. The molecule has 33 heavy (non-hydrogen) atoms. The van der Waals surface area contributed by atoms with Gasteiger partial charge in [0, 0.05) is 17.7 Å². The highest BCUT2D eigenvalue weighted by molar-refractivity contribution is 6.15. The Morgan fingerprint density at radius 2 is 1.82 bits per heavy atom. The summed E-state index contributed by atoms with van der Waals surface area (Å²) in [6, 6.07) is 13.6. The number of Topliss-reactive ketones (excluding diaryl/α,β-unsaturated/α-hetero) is 1. The minimum absolute atomic E-state index is 0.0520. The Morgan fingerprint density at radius 3 is 2.58 bits per heavy atom. The average Bonchev–Trinajstić information content (AvgIpc) is 3.40. The molecule has 0 amide bonds. The third-order valence-electron chi connectivity index (χ3n) is 5.25. The molecule has 3 aromatic rings. The van der Waals surface area contributed by atoms with Gasteiger partial charge < -0.3 is 18.9 Å². The van der Waals surface area contributed by atoms with Crippen LogP contribution in [0.3, 0.4) is 0 Å². The molecule has 0 aliphatic carbocycles. The van der Waals surface area contributed by atoms with Crippen LogP contribution in [0.1, 0.15) is 31.8 Å². The van der Waals surface area contributed by atoms with Crippen LogP contribution < -0.4 is 18.9 Å². The molecule has 0 saturated heterocycles. The van der Waals surface area contributed by atoms with Crippen LogP contribution >= 0.6 is 0 Å². The summed E-state index contributed by atoms with van der Waals surface area (Å²) < 4.78 is 21.8. The third kappa shape index (κ3) is 3.65. The Labute approximate surface area is 186 Å². The van der Waals surface area contributed by atoms with E-state index in [1.807, 2.05) is 0 Å². The van der Waals surface area contributed by atoms with Gasteiger partial charge in [0.05, 0.1) is 16.1 Å². The quantitative estimate of drug-likeness (QED) is 0.190. The van der Waals surface area contributed by atoms with E-state index in [0.717, 1.165) is 0 Å². The van der Waals surface area contributed by atoms with Gasteiger partial charge in [0.2, 0.25) is 12.6 Å². The topological polar surface area (TPSA) is 114 Å². The van der Waals surface area contributed by atoms with Crippen molar-refractivity contribution < 1.29 is 33.5 Å². The number of ketones is 1. The summed E-state index contributed by atoms with van der Waals surface area (Å²) in [7, 11) is 0. The summed E-state index contributed by atoms with van der Waals surface area (Å²) in [5.41, 5.74) is 1.63. The van der Waals surface area contributed by atoms with Gasteiger partial charge in [0.15, 0.2) is 17.3 Å². The second kappa shape index (κ2) is 7.79. The number of hydrogen-bond donors (Lipinski definition) is 0. The second-order valence-corrected chi connectivity index (χ2v) is 7.31. The van der Waals surface area contributed by atoms with Crippen molar-refractivity contribution in [1.29, 1.82) is 0 Å². The lowest BCUT2D eigenvalue weighted by atomic mass is 10.1. The van der Waals surface area contributed by atoms with E-state index in [2.05, 4.69) is 0 Å². The number of ether oxygens (including phenoxy) is 4. The molecule has 2 aliphatic heterocycles. The molecule has 9 nitrogen and oxygen atoms in total. The van der Waals surface area contributed by atoms with E-state index in [0.29, 0.717) is 33.9 Å². The number of hydrogen-bond acceptors (Lipinski definition) is 8. The highest BCUT2D eigenvalue weighted by atomic mass is 16.7. The lowest BCUT2D eigenvalue weighted by Crippen LogP contribution is -2.09. The number of allylic oxidation sites excluding steroid dienone is 1. The molecule has 164 valence electrons. The molecule has 2 heterocycles. The van der Waals surface area contributed by atoms with Gasteiger partial charge in [-0.2, -0.15) is 0 Å². The fourth-order valence-electron chi connectivity index (χ4n) is 3.50.